The molecule has 0 unspecified atom stereocenters. The fraction of sp³-hybridized carbons (Fsp3) is 0.0769. The molecule has 0 saturated heterocycles. The van der Waals surface area contributed by atoms with Crippen LogP contribution in [0.3, 0.4) is 0 Å². The smallest absolute Gasteiger partial charge is 0.224 e. The molecule has 3 aromatic rings. The third-order valence-corrected chi connectivity index (χ3v) is 4.21. The van der Waals surface area contributed by atoms with Crippen LogP contribution in [0.5, 0.6) is 0 Å². The van der Waals surface area contributed by atoms with Crippen LogP contribution in [0, 0.1) is 5.82 Å². The standard InChI is InChI=1S/C13H8Cl2FN3S/c14-8-1-2-11-9(3-8)7(6-20-11)4-17-12-10(16)5-18-13(15)19-12/h1-3,5-6H,4H2,(H,17,18,19). The summed E-state index contributed by atoms with van der Waals surface area (Å²) in [5.41, 5.74) is 1.03. The molecule has 0 bridgehead atoms. The van der Waals surface area contributed by atoms with E-state index in [9.17, 15) is 4.39 Å². The normalized spacial score (nSPS) is 10.9. The Morgan fingerprint density at radius 2 is 2.15 bits per heavy atom. The number of hydrogen-bond acceptors (Lipinski definition) is 4. The molecule has 20 heavy (non-hydrogen) atoms. The summed E-state index contributed by atoms with van der Waals surface area (Å²) >= 11 is 13.3. The van der Waals surface area contributed by atoms with Gasteiger partial charge in [-0.15, -0.1) is 11.3 Å². The van der Waals surface area contributed by atoms with E-state index in [1.54, 1.807) is 11.3 Å². The van der Waals surface area contributed by atoms with Gasteiger partial charge >= 0.3 is 0 Å². The van der Waals surface area contributed by atoms with Gasteiger partial charge in [-0.1, -0.05) is 11.6 Å². The molecular weight excluding hydrogens is 320 g/mol. The lowest BCUT2D eigenvalue weighted by Gasteiger charge is -2.06. The minimum atomic E-state index is -0.535. The third-order valence-electron chi connectivity index (χ3n) is 2.78. The summed E-state index contributed by atoms with van der Waals surface area (Å²) in [4.78, 5) is 7.39. The molecule has 1 N–H and O–H groups in total. The van der Waals surface area contributed by atoms with E-state index in [2.05, 4.69) is 15.3 Å². The fourth-order valence-corrected chi connectivity index (χ4v) is 3.09. The van der Waals surface area contributed by atoms with Gasteiger partial charge in [-0.3, -0.25) is 0 Å². The monoisotopic (exact) mass is 327 g/mol. The second-order valence-corrected chi connectivity index (χ2v) is 5.78. The number of halogens is 3. The van der Waals surface area contributed by atoms with Gasteiger partial charge in [-0.2, -0.15) is 4.98 Å². The van der Waals surface area contributed by atoms with Gasteiger partial charge in [-0.25, -0.2) is 9.37 Å². The molecule has 0 fully saturated rings. The van der Waals surface area contributed by atoms with Crippen molar-refractivity contribution in [3.05, 3.63) is 51.5 Å². The fourth-order valence-electron chi connectivity index (χ4n) is 1.84. The molecule has 3 rings (SSSR count). The largest absolute Gasteiger partial charge is 0.363 e. The highest BCUT2D eigenvalue weighted by Gasteiger charge is 2.08. The first-order valence-electron chi connectivity index (χ1n) is 5.71. The summed E-state index contributed by atoms with van der Waals surface area (Å²) < 4.78 is 14.6. The van der Waals surface area contributed by atoms with Crippen LogP contribution in [0.25, 0.3) is 10.1 Å². The number of hydrogen-bond donors (Lipinski definition) is 1. The molecule has 1 aromatic carbocycles. The first-order chi connectivity index (χ1) is 9.63. The Labute approximate surface area is 128 Å². The van der Waals surface area contributed by atoms with Crippen molar-refractivity contribution in [1.82, 2.24) is 9.97 Å². The van der Waals surface area contributed by atoms with E-state index >= 15 is 0 Å². The number of rotatable bonds is 3. The van der Waals surface area contributed by atoms with Gasteiger partial charge in [0.25, 0.3) is 0 Å². The molecule has 2 heterocycles. The Morgan fingerprint density at radius 1 is 1.30 bits per heavy atom. The highest BCUT2D eigenvalue weighted by atomic mass is 35.5. The van der Waals surface area contributed by atoms with Gasteiger partial charge in [0, 0.05) is 16.3 Å². The van der Waals surface area contributed by atoms with Crippen molar-refractivity contribution in [3.63, 3.8) is 0 Å². The number of aromatic nitrogens is 2. The Kier molecular flexibility index (Phi) is 3.74. The van der Waals surface area contributed by atoms with Gasteiger partial charge in [-0.05, 0) is 46.1 Å². The zero-order valence-corrected chi connectivity index (χ0v) is 12.4. The quantitative estimate of drug-likeness (QED) is 0.705. The molecule has 0 radical (unpaired) electrons. The summed E-state index contributed by atoms with van der Waals surface area (Å²) in [6.45, 7) is 0.435. The number of nitrogens with zero attached hydrogens (tertiary/aromatic N) is 2. The number of thiophene rings is 1. The van der Waals surface area contributed by atoms with Crippen LogP contribution >= 0.6 is 34.5 Å². The van der Waals surface area contributed by atoms with E-state index in [0.717, 1.165) is 21.8 Å². The first kappa shape index (κ1) is 13.5. The summed E-state index contributed by atoms with van der Waals surface area (Å²) in [5, 5.41) is 6.66. The molecule has 2 aromatic heterocycles. The van der Waals surface area contributed by atoms with Crippen molar-refractivity contribution in [2.24, 2.45) is 0 Å². The number of anilines is 1. The zero-order chi connectivity index (χ0) is 14.1. The maximum Gasteiger partial charge on any atom is 0.224 e. The van der Waals surface area contributed by atoms with Crippen LogP contribution in [0.4, 0.5) is 10.2 Å². The topological polar surface area (TPSA) is 37.8 Å². The van der Waals surface area contributed by atoms with Crippen LogP contribution < -0.4 is 5.32 Å². The first-order valence-corrected chi connectivity index (χ1v) is 7.34. The number of benzene rings is 1. The average molecular weight is 328 g/mol. The van der Waals surface area contributed by atoms with Crippen molar-refractivity contribution in [1.29, 1.82) is 0 Å². The molecule has 0 aliphatic heterocycles. The molecule has 3 nitrogen and oxygen atoms in total. The van der Waals surface area contributed by atoms with Crippen LogP contribution in [-0.2, 0) is 6.54 Å². The maximum atomic E-state index is 13.5. The highest BCUT2D eigenvalue weighted by Crippen LogP contribution is 2.29. The molecular formula is C13H8Cl2FN3S. The predicted octanol–water partition coefficient (Wildman–Crippen LogP) is 4.75. The average Bonchev–Trinajstić information content (AvgIpc) is 2.82. The summed E-state index contributed by atoms with van der Waals surface area (Å²) in [7, 11) is 0. The Hall–Kier alpha value is -1.43. The molecule has 7 heteroatoms. The molecule has 0 saturated carbocycles. The number of fused-ring (bicyclic) bond motifs is 1. The molecule has 0 aliphatic rings. The van der Waals surface area contributed by atoms with Crippen LogP contribution in [0.15, 0.2) is 29.8 Å². The van der Waals surface area contributed by atoms with Gasteiger partial charge in [0.05, 0.1) is 6.20 Å². The molecule has 0 spiro atoms. The molecule has 0 amide bonds. The summed E-state index contributed by atoms with van der Waals surface area (Å²) in [6.07, 6.45) is 1.04. The maximum absolute atomic E-state index is 13.5. The van der Waals surface area contributed by atoms with Crippen molar-refractivity contribution in [2.75, 3.05) is 5.32 Å². The zero-order valence-electron chi connectivity index (χ0n) is 10.0. The van der Waals surface area contributed by atoms with E-state index in [4.69, 9.17) is 23.2 Å². The summed E-state index contributed by atoms with van der Waals surface area (Å²) in [5.74, 6) is -0.446. The second-order valence-electron chi connectivity index (χ2n) is 4.09. The SMILES string of the molecule is Fc1cnc(Cl)nc1NCc1csc2ccc(Cl)cc12. The van der Waals surface area contributed by atoms with E-state index in [1.165, 1.54) is 0 Å². The molecule has 102 valence electrons. The van der Waals surface area contributed by atoms with Crippen molar-refractivity contribution in [3.8, 4) is 0 Å². The van der Waals surface area contributed by atoms with Gasteiger partial charge < -0.3 is 5.32 Å². The lowest BCUT2D eigenvalue weighted by Crippen LogP contribution is -2.04. The number of nitrogens with one attached hydrogen (secondary N) is 1. The lowest BCUT2D eigenvalue weighted by atomic mass is 10.2. The molecule has 0 atom stereocenters. The minimum Gasteiger partial charge on any atom is -0.363 e. The van der Waals surface area contributed by atoms with E-state index in [-0.39, 0.29) is 11.1 Å². The van der Waals surface area contributed by atoms with Crippen molar-refractivity contribution in [2.45, 2.75) is 6.54 Å². The van der Waals surface area contributed by atoms with Crippen molar-refractivity contribution >= 4 is 50.4 Å². The van der Waals surface area contributed by atoms with Gasteiger partial charge in [0.1, 0.15) is 0 Å². The predicted molar refractivity (Wildman–Crippen MR) is 81.2 cm³/mol. The highest BCUT2D eigenvalue weighted by molar-refractivity contribution is 7.17. The summed E-state index contributed by atoms with van der Waals surface area (Å²) in [6, 6.07) is 5.71. The van der Waals surface area contributed by atoms with Crippen LogP contribution in [-0.4, -0.2) is 9.97 Å². The van der Waals surface area contributed by atoms with Crippen LogP contribution in [0.2, 0.25) is 10.3 Å². The molecule has 0 aliphatic carbocycles. The Morgan fingerprint density at radius 3 is 3.00 bits per heavy atom. The van der Waals surface area contributed by atoms with Gasteiger partial charge in [0.2, 0.25) is 5.28 Å². The second kappa shape index (κ2) is 5.52. The van der Waals surface area contributed by atoms with Gasteiger partial charge in [0.15, 0.2) is 11.6 Å². The minimum absolute atomic E-state index is 0.00659. The van der Waals surface area contributed by atoms with Crippen LogP contribution in [0.1, 0.15) is 5.56 Å². The van der Waals surface area contributed by atoms with E-state index in [1.807, 2.05) is 23.6 Å². The van der Waals surface area contributed by atoms with E-state index < -0.39 is 5.82 Å². The third kappa shape index (κ3) is 2.70. The lowest BCUT2D eigenvalue weighted by molar-refractivity contribution is 0.616. The Bertz CT molecular complexity index is 775. The van der Waals surface area contributed by atoms with Crippen molar-refractivity contribution < 1.29 is 4.39 Å². The van der Waals surface area contributed by atoms with E-state index in [0.29, 0.717) is 11.6 Å². The Balaban J connectivity index is 1.86.